The molecule has 0 amide bonds. The summed E-state index contributed by atoms with van der Waals surface area (Å²) in [6.45, 7) is 8.08. The van der Waals surface area contributed by atoms with Crippen molar-refractivity contribution < 1.29 is 14.3 Å². The number of ether oxygens (including phenoxy) is 2. The van der Waals surface area contributed by atoms with E-state index >= 15 is 0 Å². The minimum absolute atomic E-state index is 0.304. The van der Waals surface area contributed by atoms with E-state index in [1.54, 1.807) is 0 Å². The van der Waals surface area contributed by atoms with Gasteiger partial charge in [0.2, 0.25) is 0 Å². The molecule has 0 aromatic heterocycles. The normalized spacial score (nSPS) is 14.1. The summed E-state index contributed by atoms with van der Waals surface area (Å²) < 4.78 is 9.77. The van der Waals surface area contributed by atoms with E-state index in [-0.39, 0.29) is 5.97 Å². The highest BCUT2D eigenvalue weighted by atomic mass is 16.6. The van der Waals surface area contributed by atoms with Gasteiger partial charge in [-0.2, -0.15) is 0 Å². The molecule has 0 saturated heterocycles. The Morgan fingerprint density at radius 2 is 2.38 bits per heavy atom. The van der Waals surface area contributed by atoms with Gasteiger partial charge in [0.15, 0.2) is 5.76 Å². The van der Waals surface area contributed by atoms with Gasteiger partial charge in [0.1, 0.15) is 0 Å². The van der Waals surface area contributed by atoms with Crippen LogP contribution in [0.5, 0.6) is 0 Å². The topological polar surface area (TPSA) is 38.8 Å². The minimum Gasteiger partial charge on any atom is -0.460 e. The molecule has 1 aliphatic rings. The van der Waals surface area contributed by atoms with Crippen molar-refractivity contribution in [3.63, 3.8) is 0 Å². The van der Waals surface area contributed by atoms with Gasteiger partial charge in [-0.25, -0.2) is 4.79 Å². The number of allylic oxidation sites excluding steroid dienone is 1. The second-order valence-electron chi connectivity index (χ2n) is 3.32. The number of hydrogen-bond acceptors (Lipinski definition) is 3. The summed E-state index contributed by atoms with van der Waals surface area (Å²) in [6.07, 6.45) is 2.38. The molecule has 0 atom stereocenters. The number of carbonyl (C=O) groups is 1. The first-order valence-corrected chi connectivity index (χ1v) is 4.37. The van der Waals surface area contributed by atoms with E-state index in [0.717, 1.165) is 6.42 Å². The van der Waals surface area contributed by atoms with Gasteiger partial charge in [0, 0.05) is 0 Å². The molecule has 0 radical (unpaired) electrons. The Kier molecular flexibility index (Phi) is 3.12. The maximum absolute atomic E-state index is 11.1. The van der Waals surface area contributed by atoms with Crippen LogP contribution in [0.2, 0.25) is 0 Å². The Hall–Kier alpha value is -1.25. The highest BCUT2D eigenvalue weighted by Crippen LogP contribution is 2.27. The summed E-state index contributed by atoms with van der Waals surface area (Å²) in [5.74, 6) is 1.00. The Balaban J connectivity index is 2.20. The molecule has 1 rings (SSSR count). The van der Waals surface area contributed by atoms with Crippen LogP contribution in [0.3, 0.4) is 0 Å². The van der Waals surface area contributed by atoms with Gasteiger partial charge in [0.25, 0.3) is 5.76 Å². The van der Waals surface area contributed by atoms with E-state index in [1.165, 1.54) is 6.08 Å². The molecule has 0 spiro atoms. The van der Waals surface area contributed by atoms with Crippen molar-refractivity contribution in [2.75, 3.05) is 6.61 Å². The van der Waals surface area contributed by atoms with E-state index < -0.39 is 0 Å². The molecule has 0 aromatic rings. The lowest BCUT2D eigenvalue weighted by Gasteiger charge is -2.03. The molecular weight excluding hydrogens is 168 g/mol. The van der Waals surface area contributed by atoms with Gasteiger partial charge in [-0.1, -0.05) is 20.4 Å². The monoisotopic (exact) mass is 182 g/mol. The van der Waals surface area contributed by atoms with Crippen LogP contribution < -0.4 is 0 Å². The lowest BCUT2D eigenvalue weighted by Crippen LogP contribution is -2.06. The highest BCUT2D eigenvalue weighted by molar-refractivity contribution is 5.91. The summed E-state index contributed by atoms with van der Waals surface area (Å²) in [5.41, 5.74) is 0. The molecule has 0 fully saturated rings. The first-order chi connectivity index (χ1) is 6.15. The summed E-state index contributed by atoms with van der Waals surface area (Å²) >= 11 is 0. The van der Waals surface area contributed by atoms with E-state index in [2.05, 4.69) is 20.4 Å². The summed E-state index contributed by atoms with van der Waals surface area (Å²) in [5, 5.41) is 0. The fraction of sp³-hybridized carbons (Fsp3) is 0.500. The van der Waals surface area contributed by atoms with Crippen LogP contribution in [0.15, 0.2) is 24.2 Å². The Morgan fingerprint density at radius 3 is 2.85 bits per heavy atom. The molecule has 0 saturated carbocycles. The predicted octanol–water partition coefficient (Wildman–Crippen LogP) is 2.00. The van der Waals surface area contributed by atoms with E-state index in [4.69, 9.17) is 9.47 Å². The molecule has 3 nitrogen and oxygen atoms in total. The molecule has 0 unspecified atom stereocenters. The molecule has 0 aromatic carbocycles. The highest BCUT2D eigenvalue weighted by Gasteiger charge is 2.31. The minimum atomic E-state index is -0.379. The van der Waals surface area contributed by atoms with Crippen molar-refractivity contribution >= 4 is 5.97 Å². The largest absolute Gasteiger partial charge is 0.460 e. The van der Waals surface area contributed by atoms with Gasteiger partial charge in [-0.15, -0.1) is 0 Å². The van der Waals surface area contributed by atoms with Gasteiger partial charge >= 0.3 is 5.97 Å². The van der Waals surface area contributed by atoms with Crippen molar-refractivity contribution in [2.45, 2.75) is 20.3 Å². The second-order valence-corrected chi connectivity index (χ2v) is 3.32. The van der Waals surface area contributed by atoms with Crippen molar-refractivity contribution in [3.8, 4) is 0 Å². The van der Waals surface area contributed by atoms with E-state index in [0.29, 0.717) is 24.0 Å². The number of esters is 1. The van der Waals surface area contributed by atoms with Crippen LogP contribution in [-0.2, 0) is 14.3 Å². The standard InChI is InChI=1S/C10H14O3/c1-4-8-9(13-8)10(11)12-6-5-7(2)3/h4,7H,1,5-6H2,2-3H3. The van der Waals surface area contributed by atoms with E-state index in [1.807, 2.05) is 0 Å². The van der Waals surface area contributed by atoms with Crippen LogP contribution in [0.4, 0.5) is 0 Å². The third-order valence-corrected chi connectivity index (χ3v) is 1.69. The lowest BCUT2D eigenvalue weighted by molar-refractivity contribution is -0.140. The summed E-state index contributed by atoms with van der Waals surface area (Å²) in [7, 11) is 0. The van der Waals surface area contributed by atoms with E-state index in [9.17, 15) is 4.79 Å². The van der Waals surface area contributed by atoms with Crippen molar-refractivity contribution in [1.29, 1.82) is 0 Å². The third kappa shape index (κ3) is 2.93. The summed E-state index contributed by atoms with van der Waals surface area (Å²) in [6, 6.07) is 0. The molecule has 1 heterocycles. The smallest absolute Gasteiger partial charge is 0.378 e. The fourth-order valence-electron chi connectivity index (χ4n) is 0.814. The average molecular weight is 182 g/mol. The Labute approximate surface area is 78.0 Å². The molecule has 0 bridgehead atoms. The predicted molar refractivity (Wildman–Crippen MR) is 48.7 cm³/mol. The number of hydrogen-bond donors (Lipinski definition) is 0. The van der Waals surface area contributed by atoms with Gasteiger partial charge < -0.3 is 9.47 Å². The van der Waals surface area contributed by atoms with Crippen LogP contribution >= 0.6 is 0 Å². The van der Waals surface area contributed by atoms with Crippen molar-refractivity contribution in [2.24, 2.45) is 5.92 Å². The Bertz CT molecular complexity index is 251. The molecule has 13 heavy (non-hydrogen) atoms. The first-order valence-electron chi connectivity index (χ1n) is 4.37. The molecule has 0 N–H and O–H groups in total. The number of rotatable bonds is 5. The lowest BCUT2D eigenvalue weighted by atomic mass is 10.1. The van der Waals surface area contributed by atoms with Gasteiger partial charge in [-0.05, 0) is 18.4 Å². The van der Waals surface area contributed by atoms with Crippen LogP contribution in [0.25, 0.3) is 0 Å². The zero-order valence-electron chi connectivity index (χ0n) is 8.00. The first kappa shape index (κ1) is 9.84. The second kappa shape index (κ2) is 4.12. The quantitative estimate of drug-likeness (QED) is 0.610. The Morgan fingerprint density at radius 1 is 1.69 bits per heavy atom. The van der Waals surface area contributed by atoms with Crippen LogP contribution in [0, 0.1) is 5.92 Å². The maximum atomic E-state index is 11.1. The average Bonchev–Trinajstić information content (AvgIpc) is 2.81. The zero-order valence-corrected chi connectivity index (χ0v) is 8.00. The van der Waals surface area contributed by atoms with Gasteiger partial charge in [0.05, 0.1) is 6.61 Å². The molecule has 0 aliphatic carbocycles. The van der Waals surface area contributed by atoms with Crippen LogP contribution in [0.1, 0.15) is 20.3 Å². The molecule has 3 heteroatoms. The molecule has 1 aliphatic heterocycles. The fourth-order valence-corrected chi connectivity index (χ4v) is 0.814. The SMILES string of the molecule is C=CC1=C(C(=O)OCCC(C)C)O1. The third-order valence-electron chi connectivity index (χ3n) is 1.69. The molecule has 72 valence electrons. The molecular formula is C10H14O3. The summed E-state index contributed by atoms with van der Waals surface area (Å²) in [4.78, 5) is 11.1. The van der Waals surface area contributed by atoms with Gasteiger partial charge in [-0.3, -0.25) is 0 Å². The zero-order chi connectivity index (χ0) is 9.84. The maximum Gasteiger partial charge on any atom is 0.378 e. The van der Waals surface area contributed by atoms with Crippen molar-refractivity contribution in [1.82, 2.24) is 0 Å². The number of carbonyl (C=O) groups excluding carboxylic acids is 1. The van der Waals surface area contributed by atoms with Crippen LogP contribution in [-0.4, -0.2) is 12.6 Å². The van der Waals surface area contributed by atoms with Crippen molar-refractivity contribution in [3.05, 3.63) is 24.2 Å².